The molecule has 206 valence electrons. The molecule has 0 aliphatic carbocycles. The summed E-state index contributed by atoms with van der Waals surface area (Å²) in [5.41, 5.74) is 6.08. The molecule has 9 nitrogen and oxygen atoms in total. The van der Waals surface area contributed by atoms with Crippen LogP contribution in [0.15, 0.2) is 84.1 Å². The molecule has 1 aliphatic heterocycles. The zero-order valence-corrected chi connectivity index (χ0v) is 23.3. The van der Waals surface area contributed by atoms with Gasteiger partial charge in [-0.25, -0.2) is 14.6 Å². The Morgan fingerprint density at radius 1 is 0.976 bits per heavy atom. The first kappa shape index (κ1) is 27.3. The number of rotatable bonds is 6. The average Bonchev–Trinajstić information content (AvgIpc) is 3.31. The van der Waals surface area contributed by atoms with Crippen LogP contribution in [0.1, 0.15) is 37.7 Å². The van der Waals surface area contributed by atoms with Crippen molar-refractivity contribution >= 4 is 28.7 Å². The molecule has 3 aromatic heterocycles. The third-order valence-corrected chi connectivity index (χ3v) is 6.78. The molecule has 0 bridgehead atoms. The lowest BCUT2D eigenvalue weighted by Crippen LogP contribution is -2.32. The van der Waals surface area contributed by atoms with E-state index in [1.807, 2.05) is 43.3 Å². The summed E-state index contributed by atoms with van der Waals surface area (Å²) in [4.78, 5) is 39.1. The fourth-order valence-corrected chi connectivity index (χ4v) is 4.96. The molecule has 0 fully saturated rings. The van der Waals surface area contributed by atoms with Crippen LogP contribution in [-0.4, -0.2) is 44.7 Å². The van der Waals surface area contributed by atoms with Crippen LogP contribution in [0.4, 0.5) is 0 Å². The highest BCUT2D eigenvalue weighted by molar-refractivity contribution is 6.03. The number of nitrogens with one attached hydrogen (secondary N) is 1. The number of hydrogen-bond donors (Lipinski definition) is 1. The third kappa shape index (κ3) is 5.58. The number of allylic oxidation sites excluding steroid dienone is 1. The second kappa shape index (κ2) is 11.9. The van der Waals surface area contributed by atoms with E-state index in [-0.39, 0.29) is 13.2 Å². The molecule has 0 radical (unpaired) electrons. The van der Waals surface area contributed by atoms with Gasteiger partial charge in [-0.1, -0.05) is 30.9 Å². The van der Waals surface area contributed by atoms with Gasteiger partial charge in [0.2, 0.25) is 0 Å². The monoisotopic (exact) mass is 547 g/mol. The van der Waals surface area contributed by atoms with Crippen LogP contribution < -0.4 is 5.32 Å². The molecular weight excluding hydrogens is 518 g/mol. The van der Waals surface area contributed by atoms with Gasteiger partial charge in [0.05, 0.1) is 35.2 Å². The van der Waals surface area contributed by atoms with Crippen molar-refractivity contribution in [1.82, 2.24) is 24.8 Å². The fourth-order valence-electron chi connectivity index (χ4n) is 4.96. The summed E-state index contributed by atoms with van der Waals surface area (Å²) < 4.78 is 12.9. The standard InChI is InChI=1S/C32H29N5O4/c1-5-40-32(39)29-20(2)28(31(38)41-17-7-9-23-8-6-15-33-18-23)21(3)35-30(29)24-10-12-25(13-11-24)37-22(4)36-26-19-34-16-14-27(26)37/h6,8,10-16,18-20,35H,5,17H2,1-4H3. The van der Waals surface area contributed by atoms with E-state index in [0.29, 0.717) is 22.5 Å². The van der Waals surface area contributed by atoms with Crippen LogP contribution in [-0.2, 0) is 19.1 Å². The molecule has 0 spiro atoms. The molecule has 1 aromatic carbocycles. The molecule has 1 atom stereocenters. The molecule has 0 saturated heterocycles. The summed E-state index contributed by atoms with van der Waals surface area (Å²) in [6.45, 7) is 7.40. The molecule has 4 aromatic rings. The summed E-state index contributed by atoms with van der Waals surface area (Å²) in [6, 6.07) is 13.3. The molecule has 1 unspecified atom stereocenters. The lowest BCUT2D eigenvalue weighted by molar-refractivity contribution is -0.139. The number of carbonyl (C=O) groups excluding carboxylic acids is 2. The predicted molar refractivity (Wildman–Crippen MR) is 154 cm³/mol. The number of hydrogen-bond acceptors (Lipinski definition) is 8. The van der Waals surface area contributed by atoms with Crippen LogP contribution in [0.3, 0.4) is 0 Å². The predicted octanol–water partition coefficient (Wildman–Crippen LogP) is 4.51. The van der Waals surface area contributed by atoms with Crippen molar-refractivity contribution in [2.24, 2.45) is 5.92 Å². The molecule has 1 aliphatic rings. The van der Waals surface area contributed by atoms with Crippen molar-refractivity contribution in [3.8, 4) is 17.5 Å². The molecule has 41 heavy (non-hydrogen) atoms. The fraction of sp³-hybridized carbons (Fsp3) is 0.219. The lowest BCUT2D eigenvalue weighted by atomic mass is 9.85. The Bertz CT molecular complexity index is 1740. The normalized spacial score (nSPS) is 14.8. The van der Waals surface area contributed by atoms with E-state index in [0.717, 1.165) is 33.7 Å². The second-order valence-corrected chi connectivity index (χ2v) is 9.42. The number of carbonyl (C=O) groups is 2. The van der Waals surface area contributed by atoms with Crippen molar-refractivity contribution in [3.05, 3.63) is 101 Å². The number of dihydropyridines is 1. The highest BCUT2D eigenvalue weighted by Gasteiger charge is 2.35. The van der Waals surface area contributed by atoms with Gasteiger partial charge >= 0.3 is 11.9 Å². The molecule has 1 N–H and O–H groups in total. The van der Waals surface area contributed by atoms with Crippen molar-refractivity contribution in [2.45, 2.75) is 27.7 Å². The minimum Gasteiger partial charge on any atom is -0.463 e. The lowest BCUT2D eigenvalue weighted by Gasteiger charge is -2.29. The Balaban J connectivity index is 1.42. The van der Waals surface area contributed by atoms with Gasteiger partial charge in [-0.15, -0.1) is 0 Å². The maximum atomic E-state index is 13.2. The molecule has 9 heteroatoms. The van der Waals surface area contributed by atoms with Gasteiger partial charge in [-0.05, 0) is 56.7 Å². The first-order valence-electron chi connectivity index (χ1n) is 13.2. The number of ether oxygens (including phenoxy) is 2. The van der Waals surface area contributed by atoms with Crippen LogP contribution in [0.25, 0.3) is 22.4 Å². The van der Waals surface area contributed by atoms with Crippen molar-refractivity contribution in [3.63, 3.8) is 0 Å². The van der Waals surface area contributed by atoms with Crippen molar-refractivity contribution in [2.75, 3.05) is 13.2 Å². The number of imidazole rings is 1. The van der Waals surface area contributed by atoms with Gasteiger partial charge in [0.1, 0.15) is 11.3 Å². The highest BCUT2D eigenvalue weighted by Crippen LogP contribution is 2.35. The number of pyridine rings is 2. The van der Waals surface area contributed by atoms with Crippen LogP contribution in [0.2, 0.25) is 0 Å². The Hall–Kier alpha value is -5.23. The second-order valence-electron chi connectivity index (χ2n) is 9.42. The van der Waals surface area contributed by atoms with Gasteiger partial charge in [0.25, 0.3) is 0 Å². The van der Waals surface area contributed by atoms with Gasteiger partial charge in [0.15, 0.2) is 6.61 Å². The van der Waals surface area contributed by atoms with Crippen LogP contribution >= 0.6 is 0 Å². The Morgan fingerprint density at radius 2 is 1.73 bits per heavy atom. The maximum absolute atomic E-state index is 13.2. The van der Waals surface area contributed by atoms with Crippen molar-refractivity contribution < 1.29 is 19.1 Å². The molecule has 0 amide bonds. The summed E-state index contributed by atoms with van der Waals surface area (Å²) in [5.74, 6) is 4.97. The minimum absolute atomic E-state index is 0.0948. The number of benzene rings is 1. The van der Waals surface area contributed by atoms with Gasteiger partial charge in [0, 0.05) is 41.5 Å². The number of fused-ring (bicyclic) bond motifs is 1. The summed E-state index contributed by atoms with van der Waals surface area (Å²) in [5, 5.41) is 3.28. The zero-order valence-electron chi connectivity index (χ0n) is 23.3. The molecule has 5 rings (SSSR count). The zero-order chi connectivity index (χ0) is 28.9. The highest BCUT2D eigenvalue weighted by atomic mass is 16.5. The molecular formula is C32H29N5O4. The van der Waals surface area contributed by atoms with Gasteiger partial charge in [-0.3, -0.25) is 14.5 Å². The summed E-state index contributed by atoms with van der Waals surface area (Å²) in [7, 11) is 0. The van der Waals surface area contributed by atoms with E-state index in [1.165, 1.54) is 0 Å². The first-order valence-corrected chi connectivity index (χ1v) is 13.2. The van der Waals surface area contributed by atoms with Gasteiger partial charge in [-0.2, -0.15) is 0 Å². The van der Waals surface area contributed by atoms with E-state index in [4.69, 9.17) is 9.47 Å². The quantitative estimate of drug-likeness (QED) is 0.278. The third-order valence-electron chi connectivity index (χ3n) is 6.78. The maximum Gasteiger partial charge on any atom is 0.337 e. The Kier molecular flexibility index (Phi) is 7.92. The van der Waals surface area contributed by atoms with E-state index in [1.54, 1.807) is 51.6 Å². The van der Waals surface area contributed by atoms with E-state index >= 15 is 0 Å². The topological polar surface area (TPSA) is 108 Å². The number of aromatic nitrogens is 4. The largest absolute Gasteiger partial charge is 0.463 e. The number of esters is 2. The Morgan fingerprint density at radius 3 is 2.46 bits per heavy atom. The van der Waals surface area contributed by atoms with Gasteiger partial charge < -0.3 is 14.8 Å². The van der Waals surface area contributed by atoms with Crippen LogP contribution in [0, 0.1) is 24.7 Å². The minimum atomic E-state index is -0.573. The summed E-state index contributed by atoms with van der Waals surface area (Å²) >= 11 is 0. The number of nitrogens with zero attached hydrogens (tertiary/aromatic N) is 4. The van der Waals surface area contributed by atoms with E-state index in [9.17, 15) is 9.59 Å². The summed E-state index contributed by atoms with van der Waals surface area (Å²) in [6.07, 6.45) is 6.77. The molecule has 4 heterocycles. The van der Waals surface area contributed by atoms with E-state index in [2.05, 4.69) is 36.7 Å². The molecule has 0 saturated carbocycles. The smallest absolute Gasteiger partial charge is 0.337 e. The van der Waals surface area contributed by atoms with Crippen LogP contribution in [0.5, 0.6) is 0 Å². The van der Waals surface area contributed by atoms with E-state index < -0.39 is 17.9 Å². The SMILES string of the molecule is CCOC(=O)C1=C(c2ccc(-n3c(C)nc4cnccc43)cc2)NC(C)=C(C(=O)OCC#Cc2cccnc2)C1C. The average molecular weight is 548 g/mol. The number of aryl methyl sites for hydroxylation is 1. The first-order chi connectivity index (χ1) is 19.9. The Labute approximate surface area is 237 Å². The van der Waals surface area contributed by atoms with Crippen molar-refractivity contribution in [1.29, 1.82) is 0 Å².